The van der Waals surface area contributed by atoms with Gasteiger partial charge in [0.25, 0.3) is 0 Å². The third-order valence-electron chi connectivity index (χ3n) is 3.76. The molecule has 1 aliphatic carbocycles. The smallest absolute Gasteiger partial charge is 0.230 e. The number of nitrogens with zero attached hydrogens (tertiary/aromatic N) is 1. The van der Waals surface area contributed by atoms with Gasteiger partial charge in [-0.1, -0.05) is 24.8 Å². The zero-order chi connectivity index (χ0) is 14.6. The molecular weight excluding hydrogens is 252 g/mol. The Balaban J connectivity index is 1.92. The van der Waals surface area contributed by atoms with Crippen LogP contribution in [0.2, 0.25) is 0 Å². The van der Waals surface area contributed by atoms with E-state index in [1.807, 2.05) is 31.3 Å². The number of amides is 1. The molecule has 0 atom stereocenters. The SMILES string of the molecule is C=CCOc1ccc(CN(C)C(=O)C2(CN)CC2)cc1. The minimum absolute atomic E-state index is 0.159. The third-order valence-corrected chi connectivity index (χ3v) is 3.76. The number of hydrogen-bond donors (Lipinski definition) is 1. The average molecular weight is 274 g/mol. The van der Waals surface area contributed by atoms with Crippen molar-refractivity contribution >= 4 is 5.91 Å². The maximum absolute atomic E-state index is 12.3. The van der Waals surface area contributed by atoms with E-state index in [0.29, 0.717) is 19.7 Å². The van der Waals surface area contributed by atoms with Crippen molar-refractivity contribution in [3.05, 3.63) is 42.5 Å². The second-order valence-corrected chi connectivity index (χ2v) is 5.39. The molecular formula is C16H22N2O2. The Morgan fingerprint density at radius 1 is 1.45 bits per heavy atom. The zero-order valence-electron chi connectivity index (χ0n) is 12.0. The first-order valence-electron chi connectivity index (χ1n) is 6.89. The van der Waals surface area contributed by atoms with E-state index in [4.69, 9.17) is 10.5 Å². The highest BCUT2D eigenvalue weighted by molar-refractivity contribution is 5.85. The van der Waals surface area contributed by atoms with Crippen LogP contribution in [-0.2, 0) is 11.3 Å². The largest absolute Gasteiger partial charge is 0.490 e. The molecule has 0 radical (unpaired) electrons. The lowest BCUT2D eigenvalue weighted by Crippen LogP contribution is -2.37. The van der Waals surface area contributed by atoms with E-state index < -0.39 is 0 Å². The molecule has 0 bridgehead atoms. The molecule has 1 saturated carbocycles. The Hall–Kier alpha value is -1.81. The van der Waals surface area contributed by atoms with Crippen molar-refractivity contribution in [1.29, 1.82) is 0 Å². The minimum atomic E-state index is -0.276. The average Bonchev–Trinajstić information content (AvgIpc) is 3.27. The Kier molecular flexibility index (Phi) is 4.45. The Labute approximate surface area is 120 Å². The molecule has 2 N–H and O–H groups in total. The van der Waals surface area contributed by atoms with Gasteiger partial charge in [-0.2, -0.15) is 0 Å². The fourth-order valence-electron chi connectivity index (χ4n) is 2.25. The molecule has 1 aromatic carbocycles. The maximum Gasteiger partial charge on any atom is 0.230 e. The summed E-state index contributed by atoms with van der Waals surface area (Å²) in [6, 6.07) is 7.77. The van der Waals surface area contributed by atoms with E-state index in [9.17, 15) is 4.79 Å². The van der Waals surface area contributed by atoms with Crippen LogP contribution >= 0.6 is 0 Å². The molecule has 0 saturated heterocycles. The van der Waals surface area contributed by atoms with E-state index in [1.54, 1.807) is 11.0 Å². The second-order valence-electron chi connectivity index (χ2n) is 5.39. The molecule has 0 aromatic heterocycles. The van der Waals surface area contributed by atoms with Crippen LogP contribution in [0.4, 0.5) is 0 Å². The van der Waals surface area contributed by atoms with Gasteiger partial charge < -0.3 is 15.4 Å². The van der Waals surface area contributed by atoms with Gasteiger partial charge in [-0.05, 0) is 30.5 Å². The Morgan fingerprint density at radius 3 is 2.60 bits per heavy atom. The number of benzene rings is 1. The van der Waals surface area contributed by atoms with Gasteiger partial charge in [-0.15, -0.1) is 0 Å². The predicted octanol–water partition coefficient (Wildman–Crippen LogP) is 1.95. The zero-order valence-corrected chi connectivity index (χ0v) is 12.0. The van der Waals surface area contributed by atoms with Gasteiger partial charge in [-0.3, -0.25) is 4.79 Å². The number of rotatable bonds is 7. The summed E-state index contributed by atoms with van der Waals surface area (Å²) < 4.78 is 5.43. The van der Waals surface area contributed by atoms with Crippen LogP contribution in [0.25, 0.3) is 0 Å². The summed E-state index contributed by atoms with van der Waals surface area (Å²) in [6.07, 6.45) is 3.55. The van der Waals surface area contributed by atoms with E-state index >= 15 is 0 Å². The van der Waals surface area contributed by atoms with Gasteiger partial charge in [0.1, 0.15) is 12.4 Å². The predicted molar refractivity (Wildman–Crippen MR) is 79.3 cm³/mol. The summed E-state index contributed by atoms with van der Waals surface area (Å²) in [6.45, 7) is 5.15. The Morgan fingerprint density at radius 2 is 2.10 bits per heavy atom. The van der Waals surface area contributed by atoms with Crippen molar-refractivity contribution in [3.63, 3.8) is 0 Å². The summed E-state index contributed by atoms with van der Waals surface area (Å²) in [4.78, 5) is 14.0. The molecule has 4 heteroatoms. The molecule has 1 aromatic rings. The fourth-order valence-corrected chi connectivity index (χ4v) is 2.25. The van der Waals surface area contributed by atoms with Gasteiger partial charge in [0.2, 0.25) is 5.91 Å². The number of carbonyl (C=O) groups is 1. The van der Waals surface area contributed by atoms with Crippen molar-refractivity contribution in [2.24, 2.45) is 11.1 Å². The highest BCUT2D eigenvalue weighted by Crippen LogP contribution is 2.46. The topological polar surface area (TPSA) is 55.6 Å². The van der Waals surface area contributed by atoms with E-state index in [0.717, 1.165) is 24.2 Å². The molecule has 0 aliphatic heterocycles. The van der Waals surface area contributed by atoms with Crippen molar-refractivity contribution in [2.45, 2.75) is 19.4 Å². The van der Waals surface area contributed by atoms with Gasteiger partial charge >= 0.3 is 0 Å². The highest BCUT2D eigenvalue weighted by atomic mass is 16.5. The standard InChI is InChI=1S/C16H22N2O2/c1-3-10-20-14-6-4-13(5-7-14)11-18(2)15(19)16(12-17)8-9-16/h3-7H,1,8-12,17H2,2H3. The van der Waals surface area contributed by atoms with Crippen LogP contribution in [0, 0.1) is 5.41 Å². The summed E-state index contributed by atoms with van der Waals surface area (Å²) >= 11 is 0. The summed E-state index contributed by atoms with van der Waals surface area (Å²) in [7, 11) is 1.83. The van der Waals surface area contributed by atoms with Crippen molar-refractivity contribution in [1.82, 2.24) is 4.90 Å². The third kappa shape index (κ3) is 3.20. The molecule has 1 amide bonds. The first-order chi connectivity index (χ1) is 9.61. The molecule has 1 fully saturated rings. The van der Waals surface area contributed by atoms with Crippen molar-refractivity contribution in [3.8, 4) is 5.75 Å². The number of nitrogens with two attached hydrogens (primary N) is 1. The highest BCUT2D eigenvalue weighted by Gasteiger charge is 2.49. The molecule has 1 aliphatic rings. The molecule has 0 heterocycles. The summed E-state index contributed by atoms with van der Waals surface area (Å²) in [5.41, 5.74) is 6.50. The lowest BCUT2D eigenvalue weighted by Gasteiger charge is -2.22. The number of hydrogen-bond acceptors (Lipinski definition) is 3. The van der Waals surface area contributed by atoms with Crippen molar-refractivity contribution in [2.75, 3.05) is 20.2 Å². The van der Waals surface area contributed by atoms with E-state index in [2.05, 4.69) is 6.58 Å². The van der Waals surface area contributed by atoms with Gasteiger partial charge in [-0.25, -0.2) is 0 Å². The van der Waals surface area contributed by atoms with Crippen LogP contribution < -0.4 is 10.5 Å². The van der Waals surface area contributed by atoms with Crippen LogP contribution in [0.5, 0.6) is 5.75 Å². The molecule has 108 valence electrons. The number of ether oxygens (including phenoxy) is 1. The summed E-state index contributed by atoms with van der Waals surface area (Å²) in [5, 5.41) is 0. The summed E-state index contributed by atoms with van der Waals surface area (Å²) in [5.74, 6) is 0.968. The van der Waals surface area contributed by atoms with Gasteiger partial charge in [0.05, 0.1) is 5.41 Å². The first kappa shape index (κ1) is 14.6. The minimum Gasteiger partial charge on any atom is -0.490 e. The fraction of sp³-hybridized carbons (Fsp3) is 0.438. The maximum atomic E-state index is 12.3. The number of carbonyl (C=O) groups excluding carboxylic acids is 1. The molecule has 20 heavy (non-hydrogen) atoms. The lowest BCUT2D eigenvalue weighted by molar-refractivity contribution is -0.135. The second kappa shape index (κ2) is 6.09. The normalized spacial score (nSPS) is 15.5. The van der Waals surface area contributed by atoms with Crippen LogP contribution in [0.1, 0.15) is 18.4 Å². The Bertz CT molecular complexity index is 478. The van der Waals surface area contributed by atoms with Gasteiger partial charge in [0, 0.05) is 20.1 Å². The first-order valence-corrected chi connectivity index (χ1v) is 6.89. The van der Waals surface area contributed by atoms with Gasteiger partial charge in [0.15, 0.2) is 0 Å². The lowest BCUT2D eigenvalue weighted by atomic mass is 10.1. The van der Waals surface area contributed by atoms with Crippen LogP contribution in [-0.4, -0.2) is 31.0 Å². The van der Waals surface area contributed by atoms with E-state index in [-0.39, 0.29) is 11.3 Å². The quantitative estimate of drug-likeness (QED) is 0.773. The van der Waals surface area contributed by atoms with E-state index in [1.165, 1.54) is 0 Å². The van der Waals surface area contributed by atoms with Crippen molar-refractivity contribution < 1.29 is 9.53 Å². The molecule has 0 unspecified atom stereocenters. The monoisotopic (exact) mass is 274 g/mol. The molecule has 2 rings (SSSR count). The van der Waals surface area contributed by atoms with Crippen LogP contribution in [0.3, 0.4) is 0 Å². The van der Waals surface area contributed by atoms with Crippen LogP contribution in [0.15, 0.2) is 36.9 Å². The molecule has 0 spiro atoms. The molecule has 4 nitrogen and oxygen atoms in total.